The number of nitrogens with zero attached hydrogens (tertiary/aromatic N) is 3. The third-order valence-corrected chi connectivity index (χ3v) is 3.52. The van der Waals surface area contributed by atoms with Crippen LogP contribution in [-0.2, 0) is 0 Å². The van der Waals surface area contributed by atoms with Gasteiger partial charge in [-0.3, -0.25) is 15.0 Å². The van der Waals surface area contributed by atoms with Gasteiger partial charge < -0.3 is 0 Å². The Bertz CT molecular complexity index is 488. The Balaban J connectivity index is 2.23. The van der Waals surface area contributed by atoms with Crippen molar-refractivity contribution < 1.29 is 4.92 Å². The second kappa shape index (κ2) is 6.30. The lowest BCUT2D eigenvalue weighted by Gasteiger charge is -2.25. The summed E-state index contributed by atoms with van der Waals surface area (Å²) >= 11 is 0. The van der Waals surface area contributed by atoms with Crippen molar-refractivity contribution in [3.63, 3.8) is 0 Å². The molecule has 1 heterocycles. The van der Waals surface area contributed by atoms with E-state index in [2.05, 4.69) is 11.0 Å². The number of hydrogen-bond acceptors (Lipinski definition) is 4. The second-order valence-electron chi connectivity index (χ2n) is 4.83. The molecule has 1 saturated heterocycles. The monoisotopic (exact) mass is 259 g/mol. The van der Waals surface area contributed by atoms with Crippen molar-refractivity contribution in [3.05, 3.63) is 39.9 Å². The van der Waals surface area contributed by atoms with E-state index in [0.717, 1.165) is 31.5 Å². The predicted molar refractivity (Wildman–Crippen MR) is 71.5 cm³/mol. The summed E-state index contributed by atoms with van der Waals surface area (Å²) in [5.41, 5.74) is 0.770. The van der Waals surface area contributed by atoms with Gasteiger partial charge in [-0.15, -0.1) is 0 Å². The summed E-state index contributed by atoms with van der Waals surface area (Å²) in [4.78, 5) is 12.5. The number of benzene rings is 1. The van der Waals surface area contributed by atoms with Crippen molar-refractivity contribution in [3.8, 4) is 6.07 Å². The molecule has 0 saturated carbocycles. The van der Waals surface area contributed by atoms with Crippen LogP contribution in [0.15, 0.2) is 24.3 Å². The molecule has 5 heteroatoms. The normalized spacial score (nSPS) is 18.3. The first-order valence-corrected chi connectivity index (χ1v) is 6.60. The molecule has 0 spiro atoms. The number of nitro benzene ring substituents is 1. The number of rotatable bonds is 3. The molecule has 1 aromatic carbocycles. The zero-order valence-corrected chi connectivity index (χ0v) is 10.8. The van der Waals surface area contributed by atoms with Crippen LogP contribution in [0.1, 0.15) is 37.3 Å². The molecule has 0 N–H and O–H groups in total. The van der Waals surface area contributed by atoms with Crippen molar-refractivity contribution in [1.82, 2.24) is 4.90 Å². The van der Waals surface area contributed by atoms with Gasteiger partial charge in [-0.1, -0.05) is 25.0 Å². The van der Waals surface area contributed by atoms with Gasteiger partial charge >= 0.3 is 0 Å². The Morgan fingerprint density at radius 3 is 2.53 bits per heavy atom. The van der Waals surface area contributed by atoms with E-state index in [4.69, 9.17) is 0 Å². The quantitative estimate of drug-likeness (QED) is 0.618. The molecule has 0 amide bonds. The molecule has 5 nitrogen and oxygen atoms in total. The van der Waals surface area contributed by atoms with Gasteiger partial charge in [0.25, 0.3) is 5.69 Å². The van der Waals surface area contributed by atoms with Crippen LogP contribution in [0.5, 0.6) is 0 Å². The fraction of sp³-hybridized carbons (Fsp3) is 0.500. The summed E-state index contributed by atoms with van der Waals surface area (Å²) in [5, 5.41) is 20.2. The average molecular weight is 259 g/mol. The van der Waals surface area contributed by atoms with E-state index in [1.54, 1.807) is 12.1 Å². The molecule has 0 aliphatic carbocycles. The first kappa shape index (κ1) is 13.5. The van der Waals surface area contributed by atoms with Crippen LogP contribution in [0.2, 0.25) is 0 Å². The van der Waals surface area contributed by atoms with Crippen molar-refractivity contribution in [1.29, 1.82) is 5.26 Å². The molecular formula is C14H17N3O2. The molecule has 1 fully saturated rings. The maximum absolute atomic E-state index is 10.8. The molecular weight excluding hydrogens is 242 g/mol. The molecule has 0 aromatic heterocycles. The van der Waals surface area contributed by atoms with Crippen LogP contribution in [0.3, 0.4) is 0 Å². The van der Waals surface area contributed by atoms with Crippen LogP contribution >= 0.6 is 0 Å². The smallest absolute Gasteiger partial charge is 0.269 e. The molecule has 1 atom stereocenters. The SMILES string of the molecule is N#CC(c1cccc([N+](=O)[O-])c1)N1CCCCCC1. The maximum Gasteiger partial charge on any atom is 0.269 e. The number of hydrogen-bond donors (Lipinski definition) is 0. The van der Waals surface area contributed by atoms with E-state index >= 15 is 0 Å². The van der Waals surface area contributed by atoms with E-state index in [-0.39, 0.29) is 11.7 Å². The highest BCUT2D eigenvalue weighted by atomic mass is 16.6. The predicted octanol–water partition coefficient (Wildman–Crippen LogP) is 3.04. The van der Waals surface area contributed by atoms with E-state index in [1.807, 2.05) is 0 Å². The van der Waals surface area contributed by atoms with E-state index < -0.39 is 4.92 Å². The standard InChI is InChI=1S/C14H17N3O2/c15-11-14(16-8-3-1-2-4-9-16)12-6-5-7-13(10-12)17(18)19/h5-7,10,14H,1-4,8-9H2. The molecule has 1 unspecified atom stereocenters. The second-order valence-corrected chi connectivity index (χ2v) is 4.83. The molecule has 19 heavy (non-hydrogen) atoms. The van der Waals surface area contributed by atoms with Crippen molar-refractivity contribution in [2.45, 2.75) is 31.7 Å². The third-order valence-electron chi connectivity index (χ3n) is 3.52. The van der Waals surface area contributed by atoms with Crippen LogP contribution in [-0.4, -0.2) is 22.9 Å². The van der Waals surface area contributed by atoms with Crippen molar-refractivity contribution in [2.24, 2.45) is 0 Å². The van der Waals surface area contributed by atoms with Gasteiger partial charge in [0.05, 0.1) is 11.0 Å². The Kier molecular flexibility index (Phi) is 4.48. The highest BCUT2D eigenvalue weighted by Gasteiger charge is 2.22. The van der Waals surface area contributed by atoms with Crippen LogP contribution in [0.25, 0.3) is 0 Å². The minimum absolute atomic E-state index is 0.0487. The fourth-order valence-corrected chi connectivity index (χ4v) is 2.53. The Morgan fingerprint density at radius 1 is 1.26 bits per heavy atom. The minimum atomic E-state index is -0.416. The number of nitro groups is 1. The molecule has 0 radical (unpaired) electrons. The highest BCUT2D eigenvalue weighted by Crippen LogP contribution is 2.26. The zero-order chi connectivity index (χ0) is 13.7. The first-order chi connectivity index (χ1) is 9.22. The van der Waals surface area contributed by atoms with Gasteiger partial charge in [0.1, 0.15) is 6.04 Å². The topological polar surface area (TPSA) is 70.2 Å². The van der Waals surface area contributed by atoms with E-state index in [0.29, 0.717) is 0 Å². The van der Waals surface area contributed by atoms with Gasteiger partial charge in [-0.05, 0) is 31.5 Å². The van der Waals surface area contributed by atoms with E-state index in [9.17, 15) is 15.4 Å². The molecule has 1 aliphatic heterocycles. The minimum Gasteiger partial charge on any atom is -0.284 e. The van der Waals surface area contributed by atoms with Gasteiger partial charge in [0, 0.05) is 12.1 Å². The van der Waals surface area contributed by atoms with E-state index in [1.165, 1.54) is 25.0 Å². The lowest BCUT2D eigenvalue weighted by Crippen LogP contribution is -2.28. The third kappa shape index (κ3) is 3.30. The average Bonchev–Trinajstić information content (AvgIpc) is 2.69. The zero-order valence-electron chi connectivity index (χ0n) is 10.8. The largest absolute Gasteiger partial charge is 0.284 e. The number of nitriles is 1. The maximum atomic E-state index is 10.8. The van der Waals surface area contributed by atoms with Gasteiger partial charge in [-0.2, -0.15) is 5.26 Å². The Hall–Kier alpha value is -1.93. The summed E-state index contributed by atoms with van der Waals surface area (Å²) in [6.45, 7) is 1.78. The summed E-state index contributed by atoms with van der Waals surface area (Å²) in [6, 6.07) is 8.33. The highest BCUT2D eigenvalue weighted by molar-refractivity contribution is 5.37. The Morgan fingerprint density at radius 2 is 1.95 bits per heavy atom. The molecule has 0 bridgehead atoms. The number of non-ortho nitro benzene ring substituents is 1. The van der Waals surface area contributed by atoms with Crippen molar-refractivity contribution in [2.75, 3.05) is 13.1 Å². The van der Waals surface area contributed by atoms with Gasteiger partial charge in [0.15, 0.2) is 0 Å². The van der Waals surface area contributed by atoms with Gasteiger partial charge in [-0.25, -0.2) is 0 Å². The summed E-state index contributed by atoms with van der Waals surface area (Å²) in [5.74, 6) is 0. The summed E-state index contributed by atoms with van der Waals surface area (Å²) in [6.07, 6.45) is 4.58. The summed E-state index contributed by atoms with van der Waals surface area (Å²) < 4.78 is 0. The molecule has 1 aliphatic rings. The number of likely N-dealkylation sites (tertiary alicyclic amines) is 1. The van der Waals surface area contributed by atoms with Crippen LogP contribution in [0, 0.1) is 21.4 Å². The van der Waals surface area contributed by atoms with Crippen molar-refractivity contribution >= 4 is 5.69 Å². The Labute approximate surface area is 112 Å². The molecule has 2 rings (SSSR count). The molecule has 100 valence electrons. The van der Waals surface area contributed by atoms with Crippen LogP contribution in [0.4, 0.5) is 5.69 Å². The lowest BCUT2D eigenvalue weighted by atomic mass is 10.1. The van der Waals surface area contributed by atoms with Gasteiger partial charge in [0.2, 0.25) is 0 Å². The lowest BCUT2D eigenvalue weighted by molar-refractivity contribution is -0.384. The molecule has 1 aromatic rings. The van der Waals surface area contributed by atoms with Crippen LogP contribution < -0.4 is 0 Å². The first-order valence-electron chi connectivity index (χ1n) is 6.60. The fourth-order valence-electron chi connectivity index (χ4n) is 2.53. The summed E-state index contributed by atoms with van der Waals surface area (Å²) in [7, 11) is 0.